The predicted molar refractivity (Wildman–Crippen MR) is 99.3 cm³/mol. The van der Waals surface area contributed by atoms with Crippen LogP contribution >= 0.6 is 0 Å². The lowest BCUT2D eigenvalue weighted by Crippen LogP contribution is -2.39. The van der Waals surface area contributed by atoms with Gasteiger partial charge in [0, 0.05) is 19.6 Å². The zero-order chi connectivity index (χ0) is 16.9. The van der Waals surface area contributed by atoms with Crippen molar-refractivity contribution in [3.05, 3.63) is 29.8 Å². The highest BCUT2D eigenvalue weighted by Crippen LogP contribution is 2.28. The molecule has 1 aliphatic rings. The van der Waals surface area contributed by atoms with Gasteiger partial charge in [0.1, 0.15) is 5.75 Å². The Morgan fingerprint density at radius 3 is 2.26 bits per heavy atom. The third-order valence-electron chi connectivity index (χ3n) is 5.35. The molecule has 2 unspecified atom stereocenters. The Hall–Kier alpha value is -1.02. The Balaban J connectivity index is 1.72. The Morgan fingerprint density at radius 2 is 1.70 bits per heavy atom. The molecular weight excluding hydrogens is 282 g/mol. The number of nitrogens with zero attached hydrogens (tertiary/aromatic N) is 1. The normalized spacial score (nSPS) is 23.0. The number of benzene rings is 1. The minimum absolute atomic E-state index is 0.250. The van der Waals surface area contributed by atoms with Crippen LogP contribution in [0.5, 0.6) is 5.75 Å². The molecule has 0 aromatic heterocycles. The van der Waals surface area contributed by atoms with Gasteiger partial charge in [-0.2, -0.15) is 0 Å². The van der Waals surface area contributed by atoms with Gasteiger partial charge in [0.2, 0.25) is 0 Å². The molecular formula is C21H35NO. The van der Waals surface area contributed by atoms with E-state index in [9.17, 15) is 0 Å². The van der Waals surface area contributed by atoms with Gasteiger partial charge in [-0.3, -0.25) is 0 Å². The molecule has 23 heavy (non-hydrogen) atoms. The first-order valence-corrected chi connectivity index (χ1v) is 9.36. The van der Waals surface area contributed by atoms with E-state index in [1.165, 1.54) is 25.1 Å². The maximum Gasteiger partial charge on any atom is 0.119 e. The monoisotopic (exact) mass is 317 g/mol. The molecule has 2 atom stereocenters. The van der Waals surface area contributed by atoms with E-state index in [-0.39, 0.29) is 5.41 Å². The molecule has 1 aliphatic heterocycles. The van der Waals surface area contributed by atoms with Crippen molar-refractivity contribution >= 4 is 0 Å². The van der Waals surface area contributed by atoms with Gasteiger partial charge >= 0.3 is 0 Å². The van der Waals surface area contributed by atoms with Gasteiger partial charge < -0.3 is 9.64 Å². The van der Waals surface area contributed by atoms with Crippen LogP contribution in [0.15, 0.2) is 24.3 Å². The molecule has 0 saturated carbocycles. The largest absolute Gasteiger partial charge is 0.494 e. The average Bonchev–Trinajstić information content (AvgIpc) is 2.51. The van der Waals surface area contributed by atoms with Gasteiger partial charge in [0.15, 0.2) is 0 Å². The second kappa shape index (κ2) is 8.19. The molecule has 1 saturated heterocycles. The third kappa shape index (κ3) is 5.53. The molecule has 130 valence electrons. The van der Waals surface area contributed by atoms with E-state index >= 15 is 0 Å². The molecule has 0 N–H and O–H groups in total. The zero-order valence-corrected chi connectivity index (χ0v) is 15.8. The molecule has 0 aliphatic carbocycles. The smallest absolute Gasteiger partial charge is 0.119 e. The Morgan fingerprint density at radius 1 is 1.09 bits per heavy atom. The first kappa shape index (κ1) is 18.3. The molecule has 0 spiro atoms. The summed E-state index contributed by atoms with van der Waals surface area (Å²) in [5.41, 5.74) is 1.64. The third-order valence-corrected chi connectivity index (χ3v) is 5.35. The fraction of sp³-hybridized carbons (Fsp3) is 0.714. The number of rotatable bonds is 7. The lowest BCUT2D eigenvalue weighted by molar-refractivity contribution is 0.132. The first-order chi connectivity index (χ1) is 10.9. The lowest BCUT2D eigenvalue weighted by atomic mass is 9.82. The van der Waals surface area contributed by atoms with Crippen molar-refractivity contribution in [3.63, 3.8) is 0 Å². The Labute approximate surface area is 143 Å². The molecule has 2 nitrogen and oxygen atoms in total. The van der Waals surface area contributed by atoms with Crippen molar-refractivity contribution in [3.8, 4) is 5.75 Å². The van der Waals surface area contributed by atoms with Crippen LogP contribution in [0.1, 0.15) is 59.4 Å². The molecule has 0 radical (unpaired) electrons. The van der Waals surface area contributed by atoms with Crippen LogP contribution < -0.4 is 4.74 Å². The summed E-state index contributed by atoms with van der Waals surface area (Å²) in [6, 6.07) is 8.68. The number of piperidine rings is 1. The van der Waals surface area contributed by atoms with Gasteiger partial charge in [0.25, 0.3) is 0 Å². The van der Waals surface area contributed by atoms with E-state index in [1.807, 2.05) is 0 Å². The summed E-state index contributed by atoms with van der Waals surface area (Å²) in [5, 5.41) is 0. The topological polar surface area (TPSA) is 12.5 Å². The van der Waals surface area contributed by atoms with E-state index in [0.717, 1.165) is 43.6 Å². The highest BCUT2D eigenvalue weighted by Gasteiger charge is 2.21. The van der Waals surface area contributed by atoms with Gasteiger partial charge in [-0.15, -0.1) is 0 Å². The van der Waals surface area contributed by atoms with Gasteiger partial charge in [-0.1, -0.05) is 46.8 Å². The minimum Gasteiger partial charge on any atom is -0.494 e. The van der Waals surface area contributed by atoms with E-state index in [0.29, 0.717) is 0 Å². The van der Waals surface area contributed by atoms with Crippen LogP contribution in [-0.4, -0.2) is 31.1 Å². The molecule has 1 heterocycles. The summed E-state index contributed by atoms with van der Waals surface area (Å²) < 4.78 is 5.93. The van der Waals surface area contributed by atoms with Crippen LogP contribution in [0, 0.1) is 11.8 Å². The first-order valence-electron chi connectivity index (χ1n) is 9.36. The summed E-state index contributed by atoms with van der Waals surface area (Å²) >= 11 is 0. The SMILES string of the molecule is CCC(C)(C)c1ccc(OCCCN2CC(C)CC(C)C2)cc1. The van der Waals surface area contributed by atoms with Crippen LogP contribution in [0.4, 0.5) is 0 Å². The molecule has 0 bridgehead atoms. The maximum atomic E-state index is 5.93. The zero-order valence-electron chi connectivity index (χ0n) is 15.8. The lowest BCUT2D eigenvalue weighted by Gasteiger charge is -2.34. The highest BCUT2D eigenvalue weighted by molar-refractivity contribution is 5.31. The van der Waals surface area contributed by atoms with E-state index in [1.54, 1.807) is 0 Å². The molecule has 2 heteroatoms. The van der Waals surface area contributed by atoms with Gasteiger partial charge in [-0.05, 0) is 54.2 Å². The number of hydrogen-bond donors (Lipinski definition) is 0. The second-order valence-corrected chi connectivity index (χ2v) is 8.17. The minimum atomic E-state index is 0.250. The van der Waals surface area contributed by atoms with Crippen LogP contribution in [-0.2, 0) is 5.41 Å². The quantitative estimate of drug-likeness (QED) is 0.647. The van der Waals surface area contributed by atoms with Crippen molar-refractivity contribution in [2.45, 2.75) is 59.3 Å². The summed E-state index contributed by atoms with van der Waals surface area (Å²) in [5.74, 6) is 2.68. The summed E-state index contributed by atoms with van der Waals surface area (Å²) in [6.45, 7) is 16.1. The fourth-order valence-corrected chi connectivity index (χ4v) is 3.66. The standard InChI is InChI=1S/C21H35NO/c1-6-21(4,5)19-8-10-20(11-9-19)23-13-7-12-22-15-17(2)14-18(3)16-22/h8-11,17-18H,6-7,12-16H2,1-5H3. The van der Waals surface area contributed by atoms with Crippen molar-refractivity contribution in [1.29, 1.82) is 0 Å². The van der Waals surface area contributed by atoms with Crippen molar-refractivity contribution in [2.75, 3.05) is 26.2 Å². The van der Waals surface area contributed by atoms with E-state index in [4.69, 9.17) is 4.74 Å². The highest BCUT2D eigenvalue weighted by atomic mass is 16.5. The van der Waals surface area contributed by atoms with Crippen LogP contribution in [0.25, 0.3) is 0 Å². The van der Waals surface area contributed by atoms with Crippen molar-refractivity contribution in [1.82, 2.24) is 4.90 Å². The fourth-order valence-electron chi connectivity index (χ4n) is 3.66. The molecule has 1 aromatic carbocycles. The van der Waals surface area contributed by atoms with Crippen molar-refractivity contribution in [2.24, 2.45) is 11.8 Å². The second-order valence-electron chi connectivity index (χ2n) is 8.17. The number of hydrogen-bond acceptors (Lipinski definition) is 2. The summed E-state index contributed by atoms with van der Waals surface area (Å²) in [6.07, 6.45) is 3.65. The van der Waals surface area contributed by atoms with Crippen LogP contribution in [0.3, 0.4) is 0 Å². The summed E-state index contributed by atoms with van der Waals surface area (Å²) in [7, 11) is 0. The van der Waals surface area contributed by atoms with Gasteiger partial charge in [0.05, 0.1) is 6.61 Å². The van der Waals surface area contributed by atoms with Crippen LogP contribution in [0.2, 0.25) is 0 Å². The molecule has 1 aromatic rings. The molecule has 0 amide bonds. The summed E-state index contributed by atoms with van der Waals surface area (Å²) in [4.78, 5) is 2.61. The molecule has 2 rings (SSSR count). The number of ether oxygens (including phenoxy) is 1. The van der Waals surface area contributed by atoms with Crippen molar-refractivity contribution < 1.29 is 4.74 Å². The Kier molecular flexibility index (Phi) is 6.52. The average molecular weight is 318 g/mol. The van der Waals surface area contributed by atoms with Gasteiger partial charge in [-0.25, -0.2) is 0 Å². The number of likely N-dealkylation sites (tertiary alicyclic amines) is 1. The van der Waals surface area contributed by atoms with E-state index < -0.39 is 0 Å². The maximum absolute atomic E-state index is 5.93. The Bertz CT molecular complexity index is 455. The molecule has 1 fully saturated rings. The predicted octanol–water partition coefficient (Wildman–Crippen LogP) is 5.12. The van der Waals surface area contributed by atoms with E-state index in [2.05, 4.69) is 63.8 Å².